The highest BCUT2D eigenvalue weighted by atomic mass is 16.4. The van der Waals surface area contributed by atoms with Crippen LogP contribution < -0.4 is 10.2 Å². The highest BCUT2D eigenvalue weighted by Gasteiger charge is 2.37. The Morgan fingerprint density at radius 3 is 2.41 bits per heavy atom. The van der Waals surface area contributed by atoms with Crippen molar-refractivity contribution in [2.75, 3.05) is 4.90 Å². The maximum Gasteiger partial charge on any atom is 0.336 e. The molecule has 0 radical (unpaired) electrons. The second-order valence-electron chi connectivity index (χ2n) is 7.18. The summed E-state index contributed by atoms with van der Waals surface area (Å²) in [7, 11) is 0. The molecule has 0 bridgehead atoms. The largest absolute Gasteiger partial charge is 0.478 e. The first kappa shape index (κ1) is 20.7. The van der Waals surface area contributed by atoms with Crippen LogP contribution in [0.5, 0.6) is 0 Å². The standard InChI is InChI=1S/C23H18N4O5/c1-13-10-16(14(2)26(13)17-7-5-15(6-8-17)22(30)31)11-19-20(28)25-23(32)27(21(19)29)18-4-3-9-24-12-18/h3-12H,1-2H3,(H,30,31)(H,25,28,32)/b19-11+. The van der Waals surface area contributed by atoms with E-state index in [9.17, 15) is 19.2 Å². The topological polar surface area (TPSA) is 122 Å². The highest BCUT2D eigenvalue weighted by Crippen LogP contribution is 2.26. The monoisotopic (exact) mass is 430 g/mol. The number of urea groups is 1. The molecule has 4 amide bonds. The maximum absolute atomic E-state index is 13.0. The Morgan fingerprint density at radius 1 is 1.06 bits per heavy atom. The zero-order valence-corrected chi connectivity index (χ0v) is 17.2. The number of aromatic nitrogens is 2. The van der Waals surface area contributed by atoms with Gasteiger partial charge in [-0.25, -0.2) is 14.5 Å². The Hall–Kier alpha value is -4.53. The third kappa shape index (κ3) is 3.56. The van der Waals surface area contributed by atoms with Gasteiger partial charge in [-0.1, -0.05) is 0 Å². The summed E-state index contributed by atoms with van der Waals surface area (Å²) < 4.78 is 1.88. The van der Waals surface area contributed by atoms with Crippen molar-refractivity contribution in [3.05, 3.63) is 82.9 Å². The van der Waals surface area contributed by atoms with E-state index in [0.29, 0.717) is 5.56 Å². The van der Waals surface area contributed by atoms with E-state index in [1.807, 2.05) is 18.4 Å². The van der Waals surface area contributed by atoms with Gasteiger partial charge in [0.2, 0.25) is 0 Å². The zero-order chi connectivity index (χ0) is 23.0. The molecule has 9 heteroatoms. The van der Waals surface area contributed by atoms with Crippen molar-refractivity contribution >= 4 is 35.6 Å². The van der Waals surface area contributed by atoms with E-state index in [0.717, 1.165) is 22.0 Å². The molecule has 0 spiro atoms. The summed E-state index contributed by atoms with van der Waals surface area (Å²) in [6.07, 6.45) is 4.31. The number of hydrogen-bond acceptors (Lipinski definition) is 5. The number of barbiturate groups is 1. The number of rotatable bonds is 4. The van der Waals surface area contributed by atoms with Gasteiger partial charge in [-0.15, -0.1) is 0 Å². The molecule has 0 unspecified atom stereocenters. The van der Waals surface area contributed by atoms with Crippen LogP contribution in [0.25, 0.3) is 11.8 Å². The first-order valence-electron chi connectivity index (χ1n) is 9.62. The van der Waals surface area contributed by atoms with Gasteiger partial charge in [0.25, 0.3) is 11.8 Å². The van der Waals surface area contributed by atoms with Crippen molar-refractivity contribution in [1.82, 2.24) is 14.9 Å². The van der Waals surface area contributed by atoms with Crippen molar-refractivity contribution in [3.8, 4) is 5.69 Å². The molecule has 3 heterocycles. The van der Waals surface area contributed by atoms with Crippen LogP contribution in [0.1, 0.15) is 27.3 Å². The summed E-state index contributed by atoms with van der Waals surface area (Å²) in [6, 6.07) is 10.5. The molecule has 160 valence electrons. The minimum Gasteiger partial charge on any atom is -0.478 e. The molecule has 9 nitrogen and oxygen atoms in total. The molecule has 2 aromatic heterocycles. The molecule has 2 N–H and O–H groups in total. The van der Waals surface area contributed by atoms with Crippen LogP contribution in [0.4, 0.5) is 10.5 Å². The average Bonchev–Trinajstić information content (AvgIpc) is 3.04. The fourth-order valence-corrected chi connectivity index (χ4v) is 3.62. The summed E-state index contributed by atoms with van der Waals surface area (Å²) in [5.74, 6) is -2.55. The van der Waals surface area contributed by atoms with Gasteiger partial charge in [-0.2, -0.15) is 0 Å². The Labute approximate surface area is 182 Å². The molecule has 1 saturated heterocycles. The number of nitrogens with zero attached hydrogens (tertiary/aromatic N) is 3. The molecule has 32 heavy (non-hydrogen) atoms. The van der Waals surface area contributed by atoms with E-state index in [1.54, 1.807) is 30.3 Å². The third-order valence-corrected chi connectivity index (χ3v) is 5.15. The van der Waals surface area contributed by atoms with Gasteiger partial charge in [-0.3, -0.25) is 19.9 Å². The summed E-state index contributed by atoms with van der Waals surface area (Å²) in [5.41, 5.74) is 3.14. The number of benzene rings is 1. The summed E-state index contributed by atoms with van der Waals surface area (Å²) >= 11 is 0. The van der Waals surface area contributed by atoms with Crippen LogP contribution in [0.2, 0.25) is 0 Å². The molecular formula is C23H18N4O5. The van der Waals surface area contributed by atoms with Gasteiger partial charge in [0.15, 0.2) is 0 Å². The Kier molecular flexibility index (Phi) is 5.15. The summed E-state index contributed by atoms with van der Waals surface area (Å²) in [5, 5.41) is 11.3. The van der Waals surface area contributed by atoms with Gasteiger partial charge in [0, 0.05) is 23.3 Å². The molecule has 3 aromatic rings. The lowest BCUT2D eigenvalue weighted by molar-refractivity contribution is -0.122. The van der Waals surface area contributed by atoms with Crippen molar-refractivity contribution < 1.29 is 24.3 Å². The van der Waals surface area contributed by atoms with Gasteiger partial charge in [-0.05, 0) is 68.0 Å². The quantitative estimate of drug-likeness (QED) is 0.485. The van der Waals surface area contributed by atoms with E-state index in [2.05, 4.69) is 10.3 Å². The van der Waals surface area contributed by atoms with Gasteiger partial charge < -0.3 is 9.67 Å². The second-order valence-corrected chi connectivity index (χ2v) is 7.18. The number of hydrogen-bond donors (Lipinski definition) is 2. The highest BCUT2D eigenvalue weighted by molar-refractivity contribution is 6.39. The first-order valence-corrected chi connectivity index (χ1v) is 9.62. The number of aromatic carboxylic acids is 1. The number of carboxylic acids is 1. The fourth-order valence-electron chi connectivity index (χ4n) is 3.62. The number of nitrogens with one attached hydrogen (secondary N) is 1. The minimum atomic E-state index is -1.02. The predicted molar refractivity (Wildman–Crippen MR) is 115 cm³/mol. The maximum atomic E-state index is 13.0. The number of carbonyl (C=O) groups excluding carboxylic acids is 3. The normalized spacial score (nSPS) is 15.2. The number of imide groups is 2. The smallest absolute Gasteiger partial charge is 0.336 e. The number of carboxylic acid groups (broad SMARTS) is 1. The Morgan fingerprint density at radius 2 is 1.78 bits per heavy atom. The van der Waals surface area contributed by atoms with E-state index in [-0.39, 0.29) is 16.8 Å². The summed E-state index contributed by atoms with van der Waals surface area (Å²) in [6.45, 7) is 3.67. The van der Waals surface area contributed by atoms with E-state index in [1.165, 1.54) is 30.6 Å². The SMILES string of the molecule is Cc1cc(/C=C2\C(=O)NC(=O)N(c3cccnc3)C2=O)c(C)n1-c1ccc(C(=O)O)cc1. The third-order valence-electron chi connectivity index (χ3n) is 5.15. The van der Waals surface area contributed by atoms with Gasteiger partial charge in [0.05, 0.1) is 17.4 Å². The molecule has 0 saturated carbocycles. The van der Waals surface area contributed by atoms with Crippen molar-refractivity contribution in [3.63, 3.8) is 0 Å². The number of aryl methyl sites for hydroxylation is 1. The van der Waals surface area contributed by atoms with Crippen LogP contribution in [0.15, 0.2) is 60.4 Å². The number of pyridine rings is 1. The number of carbonyl (C=O) groups is 4. The van der Waals surface area contributed by atoms with E-state index >= 15 is 0 Å². The molecule has 1 fully saturated rings. The van der Waals surface area contributed by atoms with Crippen molar-refractivity contribution in [1.29, 1.82) is 0 Å². The van der Waals surface area contributed by atoms with Crippen LogP contribution in [-0.4, -0.2) is 38.5 Å². The average molecular weight is 430 g/mol. The lowest BCUT2D eigenvalue weighted by Gasteiger charge is -2.26. The molecule has 1 aromatic carbocycles. The lowest BCUT2D eigenvalue weighted by atomic mass is 10.1. The van der Waals surface area contributed by atoms with Crippen molar-refractivity contribution in [2.24, 2.45) is 0 Å². The minimum absolute atomic E-state index is 0.170. The van der Waals surface area contributed by atoms with Gasteiger partial charge in [0.1, 0.15) is 5.57 Å². The van der Waals surface area contributed by atoms with Crippen molar-refractivity contribution in [2.45, 2.75) is 13.8 Å². The van der Waals surface area contributed by atoms with Gasteiger partial charge >= 0.3 is 12.0 Å². The molecule has 1 aliphatic heterocycles. The van der Waals surface area contributed by atoms with Crippen LogP contribution in [-0.2, 0) is 9.59 Å². The second kappa shape index (κ2) is 7.95. The zero-order valence-electron chi connectivity index (χ0n) is 17.2. The lowest BCUT2D eigenvalue weighted by Crippen LogP contribution is -2.54. The predicted octanol–water partition coefficient (Wildman–Crippen LogP) is 2.85. The van der Waals surface area contributed by atoms with E-state index in [4.69, 9.17) is 5.11 Å². The number of amides is 4. The molecule has 0 atom stereocenters. The molecule has 0 aliphatic carbocycles. The Bertz CT molecular complexity index is 1290. The molecular weight excluding hydrogens is 412 g/mol. The molecule has 4 rings (SSSR count). The molecule has 1 aliphatic rings. The van der Waals surface area contributed by atoms with Crippen LogP contribution >= 0.6 is 0 Å². The van der Waals surface area contributed by atoms with Crippen LogP contribution in [0, 0.1) is 13.8 Å². The number of anilines is 1. The first-order chi connectivity index (χ1) is 15.3. The van der Waals surface area contributed by atoms with E-state index < -0.39 is 23.8 Å². The summed E-state index contributed by atoms with van der Waals surface area (Å²) in [4.78, 5) is 53.6. The van der Waals surface area contributed by atoms with Crippen LogP contribution in [0.3, 0.4) is 0 Å². The Balaban J connectivity index is 1.74. The fraction of sp³-hybridized carbons (Fsp3) is 0.0870.